The molecule has 20 heavy (non-hydrogen) atoms. The average molecular weight is 293 g/mol. The molecular weight excluding hydrogens is 270 g/mol. The maximum absolute atomic E-state index is 12.2. The van der Waals surface area contributed by atoms with Crippen LogP contribution in [0.5, 0.6) is 0 Å². The van der Waals surface area contributed by atoms with Crippen LogP contribution in [0.15, 0.2) is 0 Å². The zero-order valence-electron chi connectivity index (χ0n) is 12.6. The predicted molar refractivity (Wildman–Crippen MR) is 82.9 cm³/mol. The van der Waals surface area contributed by atoms with Crippen molar-refractivity contribution in [3.63, 3.8) is 0 Å². The van der Waals surface area contributed by atoms with Crippen LogP contribution < -0.4 is 4.90 Å². The summed E-state index contributed by atoms with van der Waals surface area (Å²) in [6.45, 7) is 11.9. The van der Waals surface area contributed by atoms with Crippen LogP contribution in [0.25, 0.3) is 0 Å². The SMILES string of the molecule is CCN1CCN(c2nc3c(s2)C(=O)CC(C)(C)C3)CC1. The first kappa shape index (κ1) is 14.0. The summed E-state index contributed by atoms with van der Waals surface area (Å²) >= 11 is 1.61. The molecule has 0 atom stereocenters. The van der Waals surface area contributed by atoms with E-state index in [-0.39, 0.29) is 11.2 Å². The molecule has 0 spiro atoms. The first-order valence-corrected chi connectivity index (χ1v) is 8.30. The summed E-state index contributed by atoms with van der Waals surface area (Å²) < 4.78 is 0. The van der Waals surface area contributed by atoms with E-state index in [9.17, 15) is 4.79 Å². The number of likely N-dealkylation sites (N-methyl/N-ethyl adjacent to an activating group) is 1. The highest BCUT2D eigenvalue weighted by Gasteiger charge is 2.34. The van der Waals surface area contributed by atoms with E-state index >= 15 is 0 Å². The molecule has 5 heteroatoms. The van der Waals surface area contributed by atoms with E-state index in [1.807, 2.05) is 0 Å². The quantitative estimate of drug-likeness (QED) is 0.839. The number of nitrogens with zero attached hydrogens (tertiary/aromatic N) is 3. The van der Waals surface area contributed by atoms with Crippen molar-refractivity contribution in [3.05, 3.63) is 10.6 Å². The van der Waals surface area contributed by atoms with Crippen LogP contribution in [-0.4, -0.2) is 48.4 Å². The molecule has 4 nitrogen and oxygen atoms in total. The number of carbonyl (C=O) groups excluding carboxylic acids is 1. The molecule has 0 saturated carbocycles. The highest BCUT2D eigenvalue weighted by Crippen LogP contribution is 2.39. The van der Waals surface area contributed by atoms with Gasteiger partial charge in [-0.3, -0.25) is 4.79 Å². The molecule has 2 aliphatic rings. The molecule has 1 aliphatic carbocycles. The van der Waals surface area contributed by atoms with Gasteiger partial charge in [0, 0.05) is 32.6 Å². The number of fused-ring (bicyclic) bond motifs is 1. The number of hydrogen-bond acceptors (Lipinski definition) is 5. The molecule has 1 saturated heterocycles. The predicted octanol–water partition coefficient (Wildman–Crippen LogP) is 2.44. The van der Waals surface area contributed by atoms with Gasteiger partial charge in [-0.1, -0.05) is 32.1 Å². The van der Waals surface area contributed by atoms with Crippen molar-refractivity contribution in [2.45, 2.75) is 33.6 Å². The Morgan fingerprint density at radius 1 is 1.20 bits per heavy atom. The molecule has 0 unspecified atom stereocenters. The van der Waals surface area contributed by atoms with Crippen molar-refractivity contribution < 1.29 is 4.79 Å². The molecule has 0 aromatic carbocycles. The van der Waals surface area contributed by atoms with Crippen LogP contribution >= 0.6 is 11.3 Å². The molecule has 0 amide bonds. The second kappa shape index (κ2) is 5.11. The highest BCUT2D eigenvalue weighted by atomic mass is 32.1. The third-order valence-corrected chi connectivity index (χ3v) is 5.51. The lowest BCUT2D eigenvalue weighted by Gasteiger charge is -2.33. The number of rotatable bonds is 2. The van der Waals surface area contributed by atoms with E-state index in [4.69, 9.17) is 4.98 Å². The molecule has 2 heterocycles. The zero-order valence-corrected chi connectivity index (χ0v) is 13.4. The highest BCUT2D eigenvalue weighted by molar-refractivity contribution is 7.17. The zero-order chi connectivity index (χ0) is 14.3. The van der Waals surface area contributed by atoms with Crippen LogP contribution in [0.2, 0.25) is 0 Å². The summed E-state index contributed by atoms with van der Waals surface area (Å²) in [5.41, 5.74) is 1.10. The van der Waals surface area contributed by atoms with E-state index in [2.05, 4.69) is 30.6 Å². The topological polar surface area (TPSA) is 36.4 Å². The second-order valence-electron chi connectivity index (χ2n) is 6.63. The Morgan fingerprint density at radius 3 is 2.55 bits per heavy atom. The smallest absolute Gasteiger partial charge is 0.186 e. The second-order valence-corrected chi connectivity index (χ2v) is 7.61. The number of hydrogen-bond donors (Lipinski definition) is 0. The lowest BCUT2D eigenvalue weighted by molar-refractivity contribution is 0.0916. The van der Waals surface area contributed by atoms with Crippen molar-refractivity contribution in [3.8, 4) is 0 Å². The molecule has 110 valence electrons. The van der Waals surface area contributed by atoms with Crippen LogP contribution in [0, 0.1) is 5.41 Å². The van der Waals surface area contributed by atoms with Gasteiger partial charge in [0.1, 0.15) is 0 Å². The van der Waals surface area contributed by atoms with E-state index in [1.54, 1.807) is 11.3 Å². The number of ketones is 1. The van der Waals surface area contributed by atoms with Crippen molar-refractivity contribution in [2.75, 3.05) is 37.6 Å². The van der Waals surface area contributed by atoms with Crippen LogP contribution in [0.4, 0.5) is 5.13 Å². The fourth-order valence-corrected chi connectivity index (χ4v) is 4.17. The van der Waals surface area contributed by atoms with Gasteiger partial charge in [-0.15, -0.1) is 0 Å². The molecule has 1 aromatic heterocycles. The van der Waals surface area contributed by atoms with Crippen LogP contribution in [-0.2, 0) is 6.42 Å². The Balaban J connectivity index is 1.79. The first-order valence-electron chi connectivity index (χ1n) is 7.49. The molecule has 0 radical (unpaired) electrons. The van der Waals surface area contributed by atoms with Gasteiger partial charge in [0.05, 0.1) is 10.6 Å². The molecule has 1 aromatic rings. The summed E-state index contributed by atoms with van der Waals surface area (Å²) in [6.07, 6.45) is 1.59. The van der Waals surface area contributed by atoms with Crippen molar-refractivity contribution in [1.82, 2.24) is 9.88 Å². The van der Waals surface area contributed by atoms with Crippen molar-refractivity contribution >= 4 is 22.3 Å². The number of Topliss-reactive ketones (excluding diaryl/α,β-unsaturated/α-hetero) is 1. The molecule has 0 N–H and O–H groups in total. The molecule has 1 fully saturated rings. The van der Waals surface area contributed by atoms with E-state index in [0.717, 1.165) is 54.8 Å². The summed E-state index contributed by atoms with van der Waals surface area (Å²) in [5.74, 6) is 0.284. The van der Waals surface area contributed by atoms with Crippen LogP contribution in [0.1, 0.15) is 42.6 Å². The third-order valence-electron chi connectivity index (χ3n) is 4.31. The average Bonchev–Trinajstić information content (AvgIpc) is 2.81. The molecular formula is C15H23N3OS. The molecule has 1 aliphatic heterocycles. The minimum atomic E-state index is 0.0658. The van der Waals surface area contributed by atoms with Crippen molar-refractivity contribution in [2.24, 2.45) is 5.41 Å². The Hall–Kier alpha value is -0.940. The van der Waals surface area contributed by atoms with E-state index in [1.165, 1.54) is 0 Å². The maximum atomic E-state index is 12.2. The van der Waals surface area contributed by atoms with Gasteiger partial charge in [0.25, 0.3) is 0 Å². The number of thiazole rings is 1. The molecule has 3 rings (SSSR count). The maximum Gasteiger partial charge on any atom is 0.186 e. The minimum absolute atomic E-state index is 0.0658. The Labute approximate surface area is 124 Å². The van der Waals surface area contributed by atoms with Gasteiger partial charge in [-0.2, -0.15) is 0 Å². The largest absolute Gasteiger partial charge is 0.346 e. The number of anilines is 1. The number of piperazine rings is 1. The third kappa shape index (κ3) is 2.61. The minimum Gasteiger partial charge on any atom is -0.346 e. The van der Waals surface area contributed by atoms with Gasteiger partial charge >= 0.3 is 0 Å². The van der Waals surface area contributed by atoms with E-state index in [0.29, 0.717) is 6.42 Å². The Morgan fingerprint density at radius 2 is 1.90 bits per heavy atom. The van der Waals surface area contributed by atoms with E-state index < -0.39 is 0 Å². The van der Waals surface area contributed by atoms with Crippen LogP contribution in [0.3, 0.4) is 0 Å². The summed E-state index contributed by atoms with van der Waals surface area (Å²) in [4.78, 5) is 22.7. The number of aromatic nitrogens is 1. The van der Waals surface area contributed by atoms with Gasteiger partial charge in [0.2, 0.25) is 0 Å². The van der Waals surface area contributed by atoms with Gasteiger partial charge in [-0.25, -0.2) is 4.98 Å². The van der Waals surface area contributed by atoms with Gasteiger partial charge in [0.15, 0.2) is 10.9 Å². The Kier molecular flexibility index (Phi) is 3.58. The summed E-state index contributed by atoms with van der Waals surface area (Å²) in [7, 11) is 0. The molecule has 0 bridgehead atoms. The lowest BCUT2D eigenvalue weighted by Crippen LogP contribution is -2.46. The fourth-order valence-electron chi connectivity index (χ4n) is 3.10. The van der Waals surface area contributed by atoms with Gasteiger partial charge in [-0.05, 0) is 18.4 Å². The Bertz CT molecular complexity index is 515. The fraction of sp³-hybridized carbons (Fsp3) is 0.733. The lowest BCUT2D eigenvalue weighted by atomic mass is 9.78. The first-order chi connectivity index (χ1) is 9.48. The standard InChI is InChI=1S/C15H23N3OS/c1-4-17-5-7-18(8-6-17)14-16-11-9-15(2,3)10-12(19)13(11)20-14/h4-10H2,1-3H3. The van der Waals surface area contributed by atoms with Gasteiger partial charge < -0.3 is 9.80 Å². The monoisotopic (exact) mass is 293 g/mol. The number of carbonyl (C=O) groups is 1. The summed E-state index contributed by atoms with van der Waals surface area (Å²) in [6, 6.07) is 0. The normalized spacial score (nSPS) is 22.9. The summed E-state index contributed by atoms with van der Waals surface area (Å²) in [5, 5.41) is 1.05. The van der Waals surface area contributed by atoms with Crippen molar-refractivity contribution in [1.29, 1.82) is 0 Å².